The summed E-state index contributed by atoms with van der Waals surface area (Å²) in [6.45, 7) is 6.39. The Hall–Kier alpha value is -1.79. The maximum Gasteiger partial charge on any atom is 0.239 e. The van der Waals surface area contributed by atoms with Crippen LogP contribution in [0.3, 0.4) is 0 Å². The van der Waals surface area contributed by atoms with Crippen LogP contribution < -0.4 is 15.2 Å². The van der Waals surface area contributed by atoms with E-state index in [-0.39, 0.29) is 5.91 Å². The Labute approximate surface area is 131 Å². The third kappa shape index (κ3) is 4.61. The Morgan fingerprint density at radius 3 is 2.59 bits per heavy atom. The zero-order valence-electron chi connectivity index (χ0n) is 13.3. The van der Waals surface area contributed by atoms with Gasteiger partial charge in [0.1, 0.15) is 18.1 Å². The minimum Gasteiger partial charge on any atom is -0.497 e. The molecule has 1 aromatic carbocycles. The van der Waals surface area contributed by atoms with Crippen LogP contribution in [-0.2, 0) is 4.79 Å². The number of rotatable bonds is 6. The van der Waals surface area contributed by atoms with Crippen molar-refractivity contribution in [1.82, 2.24) is 9.80 Å². The van der Waals surface area contributed by atoms with Crippen molar-refractivity contribution < 1.29 is 14.3 Å². The number of benzene rings is 1. The van der Waals surface area contributed by atoms with E-state index in [1.165, 1.54) is 0 Å². The van der Waals surface area contributed by atoms with Gasteiger partial charge >= 0.3 is 0 Å². The molecule has 22 heavy (non-hydrogen) atoms. The molecule has 1 heterocycles. The van der Waals surface area contributed by atoms with Gasteiger partial charge in [-0.1, -0.05) is 6.07 Å². The molecule has 1 amide bonds. The van der Waals surface area contributed by atoms with Gasteiger partial charge in [0.2, 0.25) is 5.91 Å². The van der Waals surface area contributed by atoms with E-state index in [4.69, 9.17) is 15.2 Å². The molecule has 1 aromatic rings. The molecule has 0 bridgehead atoms. The fourth-order valence-corrected chi connectivity index (χ4v) is 2.46. The summed E-state index contributed by atoms with van der Waals surface area (Å²) in [5, 5.41) is 0. The van der Waals surface area contributed by atoms with Crippen LogP contribution in [0.25, 0.3) is 0 Å². The number of nitrogens with zero attached hydrogens (tertiary/aromatic N) is 2. The van der Waals surface area contributed by atoms with Gasteiger partial charge in [-0.3, -0.25) is 9.69 Å². The van der Waals surface area contributed by atoms with Crippen LogP contribution in [0, 0.1) is 0 Å². The molecule has 1 aliphatic heterocycles. The quantitative estimate of drug-likeness (QED) is 0.832. The highest BCUT2D eigenvalue weighted by atomic mass is 16.5. The van der Waals surface area contributed by atoms with E-state index >= 15 is 0 Å². The van der Waals surface area contributed by atoms with Crippen molar-refractivity contribution in [3.8, 4) is 11.5 Å². The fraction of sp³-hybridized carbons (Fsp3) is 0.562. The molecule has 6 nitrogen and oxygen atoms in total. The van der Waals surface area contributed by atoms with Crippen molar-refractivity contribution in [3.63, 3.8) is 0 Å². The second kappa shape index (κ2) is 8.00. The zero-order chi connectivity index (χ0) is 15.9. The lowest BCUT2D eigenvalue weighted by molar-refractivity contribution is -0.133. The van der Waals surface area contributed by atoms with Crippen LogP contribution >= 0.6 is 0 Å². The molecular formula is C16H25N3O3. The van der Waals surface area contributed by atoms with E-state index in [0.717, 1.165) is 44.2 Å². The Kier molecular flexibility index (Phi) is 6.03. The maximum absolute atomic E-state index is 11.8. The first-order valence-corrected chi connectivity index (χ1v) is 7.63. The van der Waals surface area contributed by atoms with Crippen LogP contribution in [0.5, 0.6) is 11.5 Å². The summed E-state index contributed by atoms with van der Waals surface area (Å²) in [5.41, 5.74) is 5.63. The Morgan fingerprint density at radius 1 is 1.27 bits per heavy atom. The highest BCUT2D eigenvalue weighted by Crippen LogP contribution is 2.18. The highest BCUT2D eigenvalue weighted by molar-refractivity contribution is 5.81. The third-order valence-electron chi connectivity index (χ3n) is 3.79. The van der Waals surface area contributed by atoms with E-state index in [1.807, 2.05) is 29.2 Å². The molecule has 0 aromatic heterocycles. The largest absolute Gasteiger partial charge is 0.497 e. The predicted octanol–water partition coefficient (Wildman–Crippen LogP) is 0.565. The summed E-state index contributed by atoms with van der Waals surface area (Å²) in [6, 6.07) is 7.18. The van der Waals surface area contributed by atoms with Gasteiger partial charge in [0.15, 0.2) is 0 Å². The lowest BCUT2D eigenvalue weighted by Crippen LogP contribution is -2.53. The Balaban J connectivity index is 1.69. The number of piperazine rings is 1. The number of ether oxygens (including phenoxy) is 2. The minimum absolute atomic E-state index is 0.0345. The van der Waals surface area contributed by atoms with Crippen molar-refractivity contribution in [1.29, 1.82) is 0 Å². The Morgan fingerprint density at radius 2 is 1.95 bits per heavy atom. The van der Waals surface area contributed by atoms with Gasteiger partial charge in [0, 0.05) is 38.8 Å². The van der Waals surface area contributed by atoms with Crippen LogP contribution in [0.2, 0.25) is 0 Å². The normalized spacial score (nSPS) is 17.1. The number of nitrogens with two attached hydrogens (primary N) is 1. The molecule has 1 atom stereocenters. The number of amides is 1. The number of methoxy groups -OCH3 is 1. The van der Waals surface area contributed by atoms with Crippen molar-refractivity contribution in [2.24, 2.45) is 5.73 Å². The SMILES string of the molecule is COc1cccc(OCCN2CCN(C(=O)C(C)N)CC2)c1. The molecule has 0 aliphatic carbocycles. The molecule has 1 aliphatic rings. The fourth-order valence-electron chi connectivity index (χ4n) is 2.46. The first-order chi connectivity index (χ1) is 10.6. The summed E-state index contributed by atoms with van der Waals surface area (Å²) in [6.07, 6.45) is 0. The molecule has 1 saturated heterocycles. The van der Waals surface area contributed by atoms with E-state index in [9.17, 15) is 4.79 Å². The first-order valence-electron chi connectivity index (χ1n) is 7.63. The van der Waals surface area contributed by atoms with Crippen molar-refractivity contribution in [3.05, 3.63) is 24.3 Å². The number of carbonyl (C=O) groups is 1. The van der Waals surface area contributed by atoms with Crippen molar-refractivity contribution >= 4 is 5.91 Å². The van der Waals surface area contributed by atoms with Crippen molar-refractivity contribution in [2.75, 3.05) is 46.4 Å². The van der Waals surface area contributed by atoms with Crippen molar-refractivity contribution in [2.45, 2.75) is 13.0 Å². The standard InChI is InChI=1S/C16H25N3O3/c1-13(17)16(20)19-8-6-18(7-9-19)10-11-22-15-5-3-4-14(12-15)21-2/h3-5,12-13H,6-11,17H2,1-2H3. The maximum atomic E-state index is 11.8. The lowest BCUT2D eigenvalue weighted by Gasteiger charge is -2.35. The number of carbonyl (C=O) groups excluding carboxylic acids is 1. The van der Waals surface area contributed by atoms with Gasteiger partial charge < -0.3 is 20.1 Å². The van der Waals surface area contributed by atoms with Gasteiger partial charge in [-0.2, -0.15) is 0 Å². The van der Waals surface area contributed by atoms with E-state index in [2.05, 4.69) is 4.90 Å². The Bertz CT molecular complexity index is 485. The van der Waals surface area contributed by atoms with E-state index < -0.39 is 6.04 Å². The summed E-state index contributed by atoms with van der Waals surface area (Å²) in [5.74, 6) is 1.64. The second-order valence-electron chi connectivity index (χ2n) is 5.48. The smallest absolute Gasteiger partial charge is 0.239 e. The minimum atomic E-state index is -0.414. The number of hydrogen-bond donors (Lipinski definition) is 1. The predicted molar refractivity (Wildman–Crippen MR) is 85.2 cm³/mol. The van der Waals surface area contributed by atoms with E-state index in [1.54, 1.807) is 14.0 Å². The third-order valence-corrected chi connectivity index (χ3v) is 3.79. The summed E-state index contributed by atoms with van der Waals surface area (Å²) >= 11 is 0. The molecular weight excluding hydrogens is 282 g/mol. The van der Waals surface area contributed by atoms with Crippen LogP contribution in [0.4, 0.5) is 0 Å². The van der Waals surface area contributed by atoms with Gasteiger partial charge in [-0.05, 0) is 19.1 Å². The highest BCUT2D eigenvalue weighted by Gasteiger charge is 2.22. The molecule has 6 heteroatoms. The average Bonchev–Trinajstić information content (AvgIpc) is 2.55. The topological polar surface area (TPSA) is 68.0 Å². The van der Waals surface area contributed by atoms with Crippen LogP contribution in [0.15, 0.2) is 24.3 Å². The second-order valence-corrected chi connectivity index (χ2v) is 5.48. The van der Waals surface area contributed by atoms with Gasteiger partial charge in [-0.15, -0.1) is 0 Å². The molecule has 2 N–H and O–H groups in total. The molecule has 1 unspecified atom stereocenters. The summed E-state index contributed by atoms with van der Waals surface area (Å²) in [7, 11) is 1.64. The zero-order valence-corrected chi connectivity index (χ0v) is 13.3. The molecule has 122 valence electrons. The van der Waals surface area contributed by atoms with Crippen LogP contribution in [-0.4, -0.2) is 68.2 Å². The molecule has 2 rings (SSSR count). The average molecular weight is 307 g/mol. The van der Waals surface area contributed by atoms with Crippen LogP contribution in [0.1, 0.15) is 6.92 Å². The molecule has 0 radical (unpaired) electrons. The van der Waals surface area contributed by atoms with Gasteiger partial charge in [-0.25, -0.2) is 0 Å². The molecule has 0 spiro atoms. The lowest BCUT2D eigenvalue weighted by atomic mass is 10.2. The number of hydrogen-bond acceptors (Lipinski definition) is 5. The summed E-state index contributed by atoms with van der Waals surface area (Å²) < 4.78 is 10.9. The monoisotopic (exact) mass is 307 g/mol. The molecule has 1 fully saturated rings. The van der Waals surface area contributed by atoms with E-state index in [0.29, 0.717) is 6.61 Å². The van der Waals surface area contributed by atoms with Gasteiger partial charge in [0.25, 0.3) is 0 Å². The summed E-state index contributed by atoms with van der Waals surface area (Å²) in [4.78, 5) is 15.9. The first kappa shape index (κ1) is 16.6. The van der Waals surface area contributed by atoms with Gasteiger partial charge in [0.05, 0.1) is 13.2 Å². The molecule has 0 saturated carbocycles.